The third-order valence-corrected chi connectivity index (χ3v) is 4.57. The van der Waals surface area contributed by atoms with Gasteiger partial charge in [-0.2, -0.15) is 0 Å². The number of halogens is 1. The highest BCUT2D eigenvalue weighted by molar-refractivity contribution is 6.08. The number of aromatic nitrogens is 3. The van der Waals surface area contributed by atoms with E-state index in [1.54, 1.807) is 35.1 Å². The summed E-state index contributed by atoms with van der Waals surface area (Å²) in [6, 6.07) is 10.1. The quantitative estimate of drug-likeness (QED) is 0.797. The maximum absolute atomic E-state index is 13.4. The van der Waals surface area contributed by atoms with Gasteiger partial charge in [0.15, 0.2) is 5.69 Å². The Balaban J connectivity index is 1.56. The van der Waals surface area contributed by atoms with Crippen molar-refractivity contribution in [2.45, 2.75) is 12.5 Å². The number of amides is 1. The molecule has 3 aromatic rings. The number of anilines is 1. The third kappa shape index (κ3) is 3.10. The van der Waals surface area contributed by atoms with Crippen LogP contribution in [0.2, 0.25) is 0 Å². The first-order chi connectivity index (χ1) is 12.1. The molecular weight excluding hydrogens is 321 g/mol. The summed E-state index contributed by atoms with van der Waals surface area (Å²) < 4.78 is 15.1. The summed E-state index contributed by atoms with van der Waals surface area (Å²) in [5.74, 6) is -0.630. The lowest BCUT2D eigenvalue weighted by Crippen LogP contribution is -2.17. The summed E-state index contributed by atoms with van der Waals surface area (Å²) >= 11 is 0. The first-order valence-corrected chi connectivity index (χ1v) is 8.20. The molecular formula is C18H18FN5O. The van der Waals surface area contributed by atoms with E-state index in [1.165, 1.54) is 12.1 Å². The normalized spacial score (nSPS) is 17.9. The number of carbonyl (C=O) groups excluding carboxylic acids is 1. The lowest BCUT2D eigenvalue weighted by molar-refractivity contribution is 0.102. The summed E-state index contributed by atoms with van der Waals surface area (Å²) in [7, 11) is 2.06. The largest absolute Gasteiger partial charge is 0.320 e. The molecule has 0 spiro atoms. The van der Waals surface area contributed by atoms with Crippen LogP contribution in [0.3, 0.4) is 0 Å². The summed E-state index contributed by atoms with van der Waals surface area (Å²) in [6.45, 7) is 1.91. The number of rotatable bonds is 3. The van der Waals surface area contributed by atoms with E-state index in [2.05, 4.69) is 27.6 Å². The van der Waals surface area contributed by atoms with Crippen LogP contribution in [0.15, 0.2) is 42.6 Å². The molecule has 1 N–H and O–H groups in total. The molecule has 25 heavy (non-hydrogen) atoms. The Bertz CT molecular complexity index is 938. The molecule has 1 amide bonds. The third-order valence-electron chi connectivity index (χ3n) is 4.57. The monoisotopic (exact) mass is 339 g/mol. The molecule has 1 atom stereocenters. The molecule has 1 aliphatic rings. The number of hydrogen-bond donors (Lipinski definition) is 1. The molecule has 7 heteroatoms. The Labute approximate surface area is 144 Å². The van der Waals surface area contributed by atoms with Crippen molar-refractivity contribution in [1.82, 2.24) is 19.9 Å². The predicted molar refractivity (Wildman–Crippen MR) is 93.0 cm³/mol. The van der Waals surface area contributed by atoms with Crippen LogP contribution in [0, 0.1) is 5.82 Å². The Morgan fingerprint density at radius 2 is 2.20 bits per heavy atom. The van der Waals surface area contributed by atoms with Gasteiger partial charge in [0.05, 0.1) is 12.2 Å². The molecule has 0 aliphatic carbocycles. The van der Waals surface area contributed by atoms with Gasteiger partial charge in [-0.15, -0.1) is 5.10 Å². The fraction of sp³-hybridized carbons (Fsp3) is 0.278. The van der Waals surface area contributed by atoms with E-state index in [0.717, 1.165) is 30.3 Å². The van der Waals surface area contributed by atoms with Crippen molar-refractivity contribution < 1.29 is 9.18 Å². The van der Waals surface area contributed by atoms with Gasteiger partial charge in [0.1, 0.15) is 5.82 Å². The molecule has 1 aliphatic heterocycles. The maximum Gasteiger partial charge on any atom is 0.277 e. The second-order valence-corrected chi connectivity index (χ2v) is 6.41. The second-order valence-electron chi connectivity index (χ2n) is 6.41. The Morgan fingerprint density at radius 3 is 3.00 bits per heavy atom. The van der Waals surface area contributed by atoms with Gasteiger partial charge in [0.25, 0.3) is 5.91 Å². The average Bonchev–Trinajstić information content (AvgIpc) is 3.23. The van der Waals surface area contributed by atoms with Gasteiger partial charge >= 0.3 is 0 Å². The van der Waals surface area contributed by atoms with Crippen LogP contribution < -0.4 is 5.32 Å². The average molecular weight is 339 g/mol. The first-order valence-electron chi connectivity index (χ1n) is 8.20. The van der Waals surface area contributed by atoms with Crippen molar-refractivity contribution in [1.29, 1.82) is 0 Å². The molecule has 6 nitrogen and oxygen atoms in total. The fourth-order valence-corrected chi connectivity index (χ4v) is 3.24. The number of likely N-dealkylation sites (N-methyl/N-ethyl adjacent to an activating group) is 1. The Kier molecular flexibility index (Phi) is 3.93. The van der Waals surface area contributed by atoms with Crippen LogP contribution in [-0.2, 0) is 0 Å². The fourth-order valence-electron chi connectivity index (χ4n) is 3.24. The molecule has 0 bridgehead atoms. The van der Waals surface area contributed by atoms with Crippen molar-refractivity contribution in [2.75, 3.05) is 25.5 Å². The van der Waals surface area contributed by atoms with Gasteiger partial charge in [-0.25, -0.2) is 9.07 Å². The number of likely N-dealkylation sites (tertiary alicyclic amines) is 1. The van der Waals surface area contributed by atoms with Crippen LogP contribution in [0.5, 0.6) is 0 Å². The Morgan fingerprint density at radius 1 is 1.32 bits per heavy atom. The minimum atomic E-state index is -0.325. The number of nitrogens with one attached hydrogen (secondary N) is 1. The van der Waals surface area contributed by atoms with Crippen molar-refractivity contribution in [3.05, 3.63) is 54.1 Å². The highest BCUT2D eigenvalue weighted by Gasteiger charge is 2.23. The molecule has 1 unspecified atom stereocenters. The molecule has 1 fully saturated rings. The van der Waals surface area contributed by atoms with Crippen LogP contribution in [0.25, 0.3) is 10.8 Å². The van der Waals surface area contributed by atoms with E-state index < -0.39 is 0 Å². The van der Waals surface area contributed by atoms with E-state index in [0.29, 0.717) is 5.69 Å². The lowest BCUT2D eigenvalue weighted by atomic mass is 10.1. The second kappa shape index (κ2) is 6.25. The van der Waals surface area contributed by atoms with Crippen molar-refractivity contribution in [3.8, 4) is 0 Å². The molecule has 2 aromatic carbocycles. The molecule has 1 aromatic heterocycles. The summed E-state index contributed by atoms with van der Waals surface area (Å²) in [5, 5.41) is 12.5. The molecule has 1 saturated heterocycles. The standard InChI is InChI=1S/C18H18FN5O/c1-23-8-7-14(10-23)24-11-17(21-22-24)18(25)20-16-4-2-3-12-9-13(19)5-6-15(12)16/h2-6,9,11,14H,7-8,10H2,1H3,(H,20,25). The molecule has 4 rings (SSSR count). The SMILES string of the molecule is CN1CCC(n2cc(C(=O)Nc3cccc4cc(F)ccc34)nn2)C1. The van der Waals surface area contributed by atoms with E-state index in [1.807, 2.05) is 0 Å². The van der Waals surface area contributed by atoms with Crippen LogP contribution in [-0.4, -0.2) is 45.9 Å². The van der Waals surface area contributed by atoms with Crippen molar-refractivity contribution >= 4 is 22.4 Å². The first kappa shape index (κ1) is 15.7. The molecule has 128 valence electrons. The molecule has 0 saturated carbocycles. The van der Waals surface area contributed by atoms with Gasteiger partial charge in [0.2, 0.25) is 0 Å². The number of benzene rings is 2. The van der Waals surface area contributed by atoms with Crippen LogP contribution >= 0.6 is 0 Å². The van der Waals surface area contributed by atoms with Gasteiger partial charge < -0.3 is 10.2 Å². The van der Waals surface area contributed by atoms with Gasteiger partial charge in [-0.1, -0.05) is 17.3 Å². The Hall–Kier alpha value is -2.80. The van der Waals surface area contributed by atoms with Gasteiger partial charge in [-0.3, -0.25) is 4.79 Å². The van der Waals surface area contributed by atoms with Crippen LogP contribution in [0.1, 0.15) is 23.0 Å². The number of fused-ring (bicyclic) bond motifs is 1. The zero-order valence-corrected chi connectivity index (χ0v) is 13.8. The summed E-state index contributed by atoms with van der Waals surface area (Å²) in [5.41, 5.74) is 0.895. The zero-order chi connectivity index (χ0) is 17.4. The highest BCUT2D eigenvalue weighted by Crippen LogP contribution is 2.25. The van der Waals surface area contributed by atoms with E-state index in [9.17, 15) is 9.18 Å². The van der Waals surface area contributed by atoms with E-state index in [-0.39, 0.29) is 23.5 Å². The maximum atomic E-state index is 13.4. The van der Waals surface area contributed by atoms with Gasteiger partial charge in [0, 0.05) is 17.6 Å². The van der Waals surface area contributed by atoms with Gasteiger partial charge in [-0.05, 0) is 49.7 Å². The van der Waals surface area contributed by atoms with Crippen LogP contribution in [0.4, 0.5) is 10.1 Å². The molecule has 2 heterocycles. The topological polar surface area (TPSA) is 63.1 Å². The highest BCUT2D eigenvalue weighted by atomic mass is 19.1. The van der Waals surface area contributed by atoms with Crippen molar-refractivity contribution in [2.24, 2.45) is 0 Å². The summed E-state index contributed by atoms with van der Waals surface area (Å²) in [4.78, 5) is 14.7. The summed E-state index contributed by atoms with van der Waals surface area (Å²) in [6.07, 6.45) is 2.68. The number of nitrogens with zero attached hydrogens (tertiary/aromatic N) is 4. The lowest BCUT2D eigenvalue weighted by Gasteiger charge is -2.09. The minimum Gasteiger partial charge on any atom is -0.320 e. The number of carbonyl (C=O) groups is 1. The van der Waals surface area contributed by atoms with E-state index in [4.69, 9.17) is 0 Å². The van der Waals surface area contributed by atoms with E-state index >= 15 is 0 Å². The molecule has 0 radical (unpaired) electrons. The number of hydrogen-bond acceptors (Lipinski definition) is 4. The van der Waals surface area contributed by atoms with Crippen molar-refractivity contribution in [3.63, 3.8) is 0 Å². The zero-order valence-electron chi connectivity index (χ0n) is 13.8. The minimum absolute atomic E-state index is 0.250. The smallest absolute Gasteiger partial charge is 0.277 e. The predicted octanol–water partition coefficient (Wildman–Crippen LogP) is 2.70.